The van der Waals surface area contributed by atoms with Crippen molar-refractivity contribution in [1.82, 2.24) is 24.9 Å². The minimum absolute atomic E-state index is 0.481. The average Bonchev–Trinajstić information content (AvgIpc) is 3.22. The summed E-state index contributed by atoms with van der Waals surface area (Å²) in [7, 11) is 0. The van der Waals surface area contributed by atoms with Crippen molar-refractivity contribution in [3.8, 4) is 11.3 Å². The highest BCUT2D eigenvalue weighted by atomic mass is 35.5. The van der Waals surface area contributed by atoms with Crippen LogP contribution in [-0.2, 0) is 6.54 Å². The highest BCUT2D eigenvalue weighted by Crippen LogP contribution is 2.33. The summed E-state index contributed by atoms with van der Waals surface area (Å²) in [5.74, 6) is 0.646. The van der Waals surface area contributed by atoms with Gasteiger partial charge in [-0.05, 0) is 23.8 Å². The molecule has 2 N–H and O–H groups in total. The molecule has 5 aromatic rings. The first-order valence-electron chi connectivity index (χ1n) is 8.92. The number of aromatic nitrogens is 5. The van der Waals surface area contributed by atoms with Gasteiger partial charge in [-0.3, -0.25) is 0 Å². The Morgan fingerprint density at radius 3 is 2.66 bits per heavy atom. The fraction of sp³-hybridized carbons (Fsp3) is 0.0476. The Kier molecular flexibility index (Phi) is 4.50. The molecule has 3 heterocycles. The van der Waals surface area contributed by atoms with Crippen LogP contribution in [0.25, 0.3) is 33.3 Å². The molecule has 0 amide bonds. The third kappa shape index (κ3) is 3.26. The van der Waals surface area contributed by atoms with E-state index < -0.39 is 0 Å². The van der Waals surface area contributed by atoms with E-state index in [0.29, 0.717) is 33.6 Å². The number of fused-ring (bicyclic) bond motifs is 2. The van der Waals surface area contributed by atoms with Crippen molar-refractivity contribution in [1.29, 1.82) is 0 Å². The number of aromatic amines is 1. The van der Waals surface area contributed by atoms with E-state index in [2.05, 4.69) is 31.3 Å². The maximum atomic E-state index is 6.47. The van der Waals surface area contributed by atoms with Crippen LogP contribution in [0.5, 0.6) is 0 Å². The first-order valence-corrected chi connectivity index (χ1v) is 9.67. The summed E-state index contributed by atoms with van der Waals surface area (Å²) < 4.78 is 0. The maximum absolute atomic E-state index is 6.47. The molecule has 0 saturated carbocycles. The molecule has 0 bridgehead atoms. The van der Waals surface area contributed by atoms with Gasteiger partial charge in [0, 0.05) is 22.5 Å². The van der Waals surface area contributed by atoms with Gasteiger partial charge in [0.1, 0.15) is 11.8 Å². The normalized spacial score (nSPS) is 11.2. The van der Waals surface area contributed by atoms with Gasteiger partial charge in [0.2, 0.25) is 0 Å². The number of imidazole rings is 1. The van der Waals surface area contributed by atoms with Gasteiger partial charge in [0.15, 0.2) is 11.5 Å². The number of rotatable bonds is 4. The second-order valence-electron chi connectivity index (χ2n) is 6.46. The molecule has 29 heavy (non-hydrogen) atoms. The number of pyridine rings is 1. The van der Waals surface area contributed by atoms with Crippen LogP contribution in [-0.4, -0.2) is 24.9 Å². The lowest BCUT2D eigenvalue weighted by molar-refractivity contribution is 1.09. The van der Waals surface area contributed by atoms with Crippen molar-refractivity contribution in [2.45, 2.75) is 6.54 Å². The van der Waals surface area contributed by atoms with Crippen LogP contribution in [0.15, 0.2) is 61.2 Å². The van der Waals surface area contributed by atoms with E-state index in [-0.39, 0.29) is 0 Å². The highest BCUT2D eigenvalue weighted by molar-refractivity contribution is 6.35. The predicted octanol–water partition coefficient (Wildman–Crippen LogP) is 5.49. The van der Waals surface area contributed by atoms with E-state index in [9.17, 15) is 0 Å². The largest absolute Gasteiger partial charge is 0.364 e. The zero-order chi connectivity index (χ0) is 19.8. The molecule has 0 aliphatic rings. The van der Waals surface area contributed by atoms with E-state index in [4.69, 9.17) is 28.2 Å². The second kappa shape index (κ2) is 7.31. The molecule has 0 saturated heterocycles. The van der Waals surface area contributed by atoms with Gasteiger partial charge in [-0.1, -0.05) is 53.5 Å². The predicted molar refractivity (Wildman–Crippen MR) is 116 cm³/mol. The molecule has 0 unspecified atom stereocenters. The van der Waals surface area contributed by atoms with Gasteiger partial charge in [-0.15, -0.1) is 0 Å². The zero-order valence-electron chi connectivity index (χ0n) is 15.0. The fourth-order valence-electron chi connectivity index (χ4n) is 3.30. The van der Waals surface area contributed by atoms with Gasteiger partial charge in [-0.25, -0.2) is 19.9 Å². The van der Waals surface area contributed by atoms with Crippen molar-refractivity contribution in [2.24, 2.45) is 0 Å². The second-order valence-corrected chi connectivity index (χ2v) is 7.28. The molecule has 2 aromatic carbocycles. The first-order chi connectivity index (χ1) is 14.2. The first kappa shape index (κ1) is 17.8. The lowest BCUT2D eigenvalue weighted by Gasteiger charge is -2.14. The molecule has 142 valence electrons. The Balaban J connectivity index is 1.63. The molecule has 0 spiro atoms. The number of nitrogens with zero attached hydrogens (tertiary/aromatic N) is 4. The Morgan fingerprint density at radius 2 is 1.76 bits per heavy atom. The third-order valence-electron chi connectivity index (χ3n) is 4.67. The zero-order valence-corrected chi connectivity index (χ0v) is 16.5. The fourth-order valence-corrected chi connectivity index (χ4v) is 3.75. The monoisotopic (exact) mass is 420 g/mol. The molecule has 6 nitrogen and oxygen atoms in total. The number of H-pyrrole nitrogens is 1. The van der Waals surface area contributed by atoms with Crippen LogP contribution in [0.4, 0.5) is 5.82 Å². The summed E-state index contributed by atoms with van der Waals surface area (Å²) in [5, 5.41) is 5.54. The Bertz CT molecular complexity index is 1350. The molecule has 0 aliphatic carbocycles. The molecule has 0 fully saturated rings. The summed E-state index contributed by atoms with van der Waals surface area (Å²) in [5.41, 5.74) is 4.69. The Labute approximate surface area is 176 Å². The molecular weight excluding hydrogens is 407 g/mol. The quantitative estimate of drug-likeness (QED) is 0.401. The standard InChI is InChI=1S/C21H14Cl2N6/c22-15-6-2-1-5-14(15)17-13(8-12-4-3-7-16(23)18(12)29-17)9-24-20-19-21(26-10-25-19)28-11-27-20/h1-8,10-11H,9H2,(H2,24,25,26,27,28). The molecule has 0 radical (unpaired) electrons. The number of benzene rings is 2. The molecule has 0 aliphatic heterocycles. The molecule has 0 atom stereocenters. The van der Waals surface area contributed by atoms with Gasteiger partial charge in [0.05, 0.1) is 22.6 Å². The molecular formula is C21H14Cl2N6. The number of hydrogen-bond acceptors (Lipinski definition) is 5. The van der Waals surface area contributed by atoms with E-state index in [1.165, 1.54) is 6.33 Å². The smallest absolute Gasteiger partial charge is 0.162 e. The van der Waals surface area contributed by atoms with Crippen LogP contribution < -0.4 is 5.32 Å². The summed E-state index contributed by atoms with van der Waals surface area (Å²) in [4.78, 5) is 20.6. The summed E-state index contributed by atoms with van der Waals surface area (Å²) in [6.45, 7) is 0.481. The van der Waals surface area contributed by atoms with Crippen LogP contribution in [0.2, 0.25) is 10.0 Å². The summed E-state index contributed by atoms with van der Waals surface area (Å²) in [6, 6.07) is 15.4. The van der Waals surface area contributed by atoms with Crippen LogP contribution >= 0.6 is 23.2 Å². The minimum Gasteiger partial charge on any atom is -0.364 e. The van der Waals surface area contributed by atoms with E-state index >= 15 is 0 Å². The van der Waals surface area contributed by atoms with E-state index in [1.54, 1.807) is 6.33 Å². The van der Waals surface area contributed by atoms with Crippen molar-refractivity contribution in [2.75, 3.05) is 5.32 Å². The molecule has 5 rings (SSSR count). The topological polar surface area (TPSA) is 79.4 Å². The average molecular weight is 421 g/mol. The number of anilines is 1. The van der Waals surface area contributed by atoms with Crippen molar-refractivity contribution < 1.29 is 0 Å². The maximum Gasteiger partial charge on any atom is 0.162 e. The number of hydrogen-bond donors (Lipinski definition) is 2. The van der Waals surface area contributed by atoms with Gasteiger partial charge in [0.25, 0.3) is 0 Å². The van der Waals surface area contributed by atoms with Crippen molar-refractivity contribution in [3.05, 3.63) is 76.8 Å². The van der Waals surface area contributed by atoms with Crippen molar-refractivity contribution >= 4 is 51.1 Å². The van der Waals surface area contributed by atoms with Crippen molar-refractivity contribution in [3.63, 3.8) is 0 Å². The van der Waals surface area contributed by atoms with E-state index in [0.717, 1.165) is 27.7 Å². The highest BCUT2D eigenvalue weighted by Gasteiger charge is 2.14. The minimum atomic E-state index is 0.481. The van der Waals surface area contributed by atoms with Gasteiger partial charge >= 0.3 is 0 Å². The Hall–Kier alpha value is -3.22. The Morgan fingerprint density at radius 1 is 0.897 bits per heavy atom. The van der Waals surface area contributed by atoms with Crippen LogP contribution in [0, 0.1) is 0 Å². The molecule has 8 heteroatoms. The SMILES string of the molecule is Clc1ccccc1-c1nc2c(Cl)cccc2cc1CNc1ncnc2[nH]cnc12. The number of nitrogens with one attached hydrogen (secondary N) is 2. The summed E-state index contributed by atoms with van der Waals surface area (Å²) in [6.07, 6.45) is 3.09. The van der Waals surface area contributed by atoms with Crippen LogP contribution in [0.1, 0.15) is 5.56 Å². The number of para-hydroxylation sites is 1. The van der Waals surface area contributed by atoms with E-state index in [1.807, 2.05) is 42.5 Å². The van der Waals surface area contributed by atoms with Gasteiger partial charge < -0.3 is 10.3 Å². The van der Waals surface area contributed by atoms with Crippen LogP contribution in [0.3, 0.4) is 0 Å². The third-order valence-corrected chi connectivity index (χ3v) is 5.30. The lowest BCUT2D eigenvalue weighted by Crippen LogP contribution is -2.05. The lowest BCUT2D eigenvalue weighted by atomic mass is 10.0. The molecule has 3 aromatic heterocycles. The number of halogens is 2. The summed E-state index contributed by atoms with van der Waals surface area (Å²) >= 11 is 12.9. The van der Waals surface area contributed by atoms with Gasteiger partial charge in [-0.2, -0.15) is 0 Å².